The molecule has 0 spiro atoms. The zero-order valence-corrected chi connectivity index (χ0v) is 27.6. The molecule has 0 aliphatic carbocycles. The molecular formula is C46H26N4O2. The molecule has 0 atom stereocenters. The van der Waals surface area contributed by atoms with Crippen molar-refractivity contribution < 1.29 is 8.83 Å². The van der Waals surface area contributed by atoms with Crippen LogP contribution in [-0.4, -0.2) is 19.9 Å². The molecule has 6 nitrogen and oxygen atoms in total. The molecule has 0 N–H and O–H groups in total. The van der Waals surface area contributed by atoms with Gasteiger partial charge in [0.2, 0.25) is 5.89 Å². The maximum Gasteiger partial charge on any atom is 0.227 e. The van der Waals surface area contributed by atoms with Gasteiger partial charge in [-0.05, 0) is 64.0 Å². The number of furan rings is 1. The topological polar surface area (TPSA) is 77.8 Å². The third-order valence-corrected chi connectivity index (χ3v) is 9.92. The molecule has 52 heavy (non-hydrogen) atoms. The van der Waals surface area contributed by atoms with Crippen molar-refractivity contribution in [1.82, 2.24) is 19.9 Å². The number of oxazole rings is 1. The third kappa shape index (κ3) is 4.51. The molecule has 3 aromatic heterocycles. The molecule has 11 aromatic rings. The Balaban J connectivity index is 1.13. The molecule has 0 aliphatic rings. The first-order valence-corrected chi connectivity index (χ1v) is 17.2. The predicted molar refractivity (Wildman–Crippen MR) is 209 cm³/mol. The minimum Gasteiger partial charge on any atom is -0.456 e. The average Bonchev–Trinajstić information content (AvgIpc) is 3.83. The number of rotatable bonds is 4. The standard InChI is InChI=1S/C46H26N4O2/c1-2-11-28(12-3-1)46-47-41-36-23-21-31(25-38(36)33-14-6-7-16-37(33)42(41)52-46)44-48-43(30-19-18-27-10-4-5-13-29(27)24-30)49-45(50-44)32-20-22-35-34-15-8-9-17-39(34)51-40(35)26-32/h1-26H. The van der Waals surface area contributed by atoms with Crippen molar-refractivity contribution in [2.45, 2.75) is 0 Å². The fourth-order valence-electron chi connectivity index (χ4n) is 7.37. The fraction of sp³-hybridized carbons (Fsp3) is 0. The van der Waals surface area contributed by atoms with E-state index in [4.69, 9.17) is 28.8 Å². The Morgan fingerprint density at radius 1 is 0.327 bits per heavy atom. The van der Waals surface area contributed by atoms with E-state index in [0.717, 1.165) is 87.6 Å². The van der Waals surface area contributed by atoms with E-state index in [1.54, 1.807) is 0 Å². The van der Waals surface area contributed by atoms with Gasteiger partial charge in [0.1, 0.15) is 16.7 Å². The molecule has 11 rings (SSSR count). The second kappa shape index (κ2) is 11.2. The number of fused-ring (bicyclic) bond motifs is 10. The summed E-state index contributed by atoms with van der Waals surface area (Å²) < 4.78 is 12.7. The molecule has 0 aliphatic heterocycles. The van der Waals surface area contributed by atoms with Crippen LogP contribution in [0.15, 0.2) is 167 Å². The van der Waals surface area contributed by atoms with Gasteiger partial charge in [-0.1, -0.05) is 115 Å². The van der Waals surface area contributed by atoms with Crippen LogP contribution in [0.5, 0.6) is 0 Å². The molecule has 3 heterocycles. The van der Waals surface area contributed by atoms with E-state index in [1.165, 1.54) is 0 Å². The Hall–Kier alpha value is -7.18. The quantitative estimate of drug-likeness (QED) is 0.174. The molecular weight excluding hydrogens is 641 g/mol. The van der Waals surface area contributed by atoms with Crippen molar-refractivity contribution in [3.8, 4) is 45.6 Å². The highest BCUT2D eigenvalue weighted by Gasteiger charge is 2.19. The number of hydrogen-bond donors (Lipinski definition) is 0. The molecule has 0 bridgehead atoms. The van der Waals surface area contributed by atoms with Crippen LogP contribution in [-0.2, 0) is 0 Å². The monoisotopic (exact) mass is 666 g/mol. The lowest BCUT2D eigenvalue weighted by atomic mass is 9.98. The Bertz CT molecular complexity index is 3200. The van der Waals surface area contributed by atoms with E-state index >= 15 is 0 Å². The van der Waals surface area contributed by atoms with Crippen LogP contribution in [0.3, 0.4) is 0 Å². The summed E-state index contributed by atoms with van der Waals surface area (Å²) in [7, 11) is 0. The van der Waals surface area contributed by atoms with Gasteiger partial charge in [0, 0.05) is 43.8 Å². The summed E-state index contributed by atoms with van der Waals surface area (Å²) in [6, 6.07) is 53.6. The highest BCUT2D eigenvalue weighted by Crippen LogP contribution is 2.39. The number of para-hydroxylation sites is 1. The Morgan fingerprint density at radius 3 is 1.73 bits per heavy atom. The average molecular weight is 667 g/mol. The van der Waals surface area contributed by atoms with Gasteiger partial charge >= 0.3 is 0 Å². The molecule has 0 fully saturated rings. The van der Waals surface area contributed by atoms with E-state index in [1.807, 2.05) is 72.8 Å². The zero-order chi connectivity index (χ0) is 34.2. The van der Waals surface area contributed by atoms with Crippen molar-refractivity contribution in [3.05, 3.63) is 158 Å². The second-order valence-electron chi connectivity index (χ2n) is 13.0. The summed E-state index contributed by atoms with van der Waals surface area (Å²) in [6.07, 6.45) is 0. The van der Waals surface area contributed by atoms with Gasteiger partial charge in [-0.25, -0.2) is 19.9 Å². The Labute approximate surface area is 296 Å². The highest BCUT2D eigenvalue weighted by molar-refractivity contribution is 6.23. The largest absolute Gasteiger partial charge is 0.456 e. The lowest BCUT2D eigenvalue weighted by molar-refractivity contribution is 0.623. The minimum absolute atomic E-state index is 0.569. The van der Waals surface area contributed by atoms with Gasteiger partial charge in [-0.2, -0.15) is 0 Å². The van der Waals surface area contributed by atoms with Crippen LogP contribution in [0, 0.1) is 0 Å². The van der Waals surface area contributed by atoms with Crippen molar-refractivity contribution in [3.63, 3.8) is 0 Å². The lowest BCUT2D eigenvalue weighted by Crippen LogP contribution is -2.00. The molecule has 0 unspecified atom stereocenters. The van der Waals surface area contributed by atoms with Crippen LogP contribution in [0.4, 0.5) is 0 Å². The first kappa shape index (κ1) is 28.6. The number of benzene rings is 8. The fourth-order valence-corrected chi connectivity index (χ4v) is 7.37. The van der Waals surface area contributed by atoms with Crippen molar-refractivity contribution in [2.24, 2.45) is 0 Å². The summed E-state index contributed by atoms with van der Waals surface area (Å²) in [4.78, 5) is 20.3. The second-order valence-corrected chi connectivity index (χ2v) is 13.0. The summed E-state index contributed by atoms with van der Waals surface area (Å²) in [6.45, 7) is 0. The molecule has 0 saturated heterocycles. The Kier molecular flexibility index (Phi) is 6.15. The van der Waals surface area contributed by atoms with Crippen LogP contribution in [0.2, 0.25) is 0 Å². The normalized spacial score (nSPS) is 11.8. The summed E-state index contributed by atoms with van der Waals surface area (Å²) in [5.74, 6) is 2.34. The van der Waals surface area contributed by atoms with Crippen LogP contribution >= 0.6 is 0 Å². The molecule has 6 heteroatoms. The molecule has 0 radical (unpaired) electrons. The predicted octanol–water partition coefficient (Wildman–Crippen LogP) is 12.0. The summed E-state index contributed by atoms with van der Waals surface area (Å²) >= 11 is 0. The zero-order valence-electron chi connectivity index (χ0n) is 27.6. The van der Waals surface area contributed by atoms with Crippen molar-refractivity contribution in [1.29, 1.82) is 0 Å². The smallest absolute Gasteiger partial charge is 0.227 e. The minimum atomic E-state index is 0.569. The van der Waals surface area contributed by atoms with Gasteiger partial charge in [0.15, 0.2) is 23.1 Å². The third-order valence-electron chi connectivity index (χ3n) is 9.92. The van der Waals surface area contributed by atoms with Crippen molar-refractivity contribution in [2.75, 3.05) is 0 Å². The number of nitrogens with zero attached hydrogens (tertiary/aromatic N) is 4. The van der Waals surface area contributed by atoms with Crippen LogP contribution in [0.1, 0.15) is 0 Å². The van der Waals surface area contributed by atoms with E-state index in [-0.39, 0.29) is 0 Å². The van der Waals surface area contributed by atoms with Gasteiger partial charge in [-0.15, -0.1) is 0 Å². The SMILES string of the molecule is c1ccc(-c2nc3c4ccc(-c5nc(-c6ccc7ccccc7c6)nc(-c6ccc7c(c6)oc6ccccc67)n5)cc4c4ccccc4c3o2)cc1. The van der Waals surface area contributed by atoms with E-state index < -0.39 is 0 Å². The van der Waals surface area contributed by atoms with Crippen LogP contribution < -0.4 is 0 Å². The maximum absolute atomic E-state index is 6.45. The van der Waals surface area contributed by atoms with Crippen LogP contribution in [0.25, 0.3) is 111 Å². The van der Waals surface area contributed by atoms with E-state index in [0.29, 0.717) is 23.4 Å². The van der Waals surface area contributed by atoms with E-state index in [9.17, 15) is 0 Å². The lowest BCUT2D eigenvalue weighted by Gasteiger charge is -2.11. The maximum atomic E-state index is 6.45. The summed E-state index contributed by atoms with van der Waals surface area (Å²) in [5.41, 5.74) is 6.81. The molecule has 242 valence electrons. The van der Waals surface area contributed by atoms with Gasteiger partial charge in [0.05, 0.1) is 0 Å². The van der Waals surface area contributed by atoms with Gasteiger partial charge in [-0.3, -0.25) is 0 Å². The number of hydrogen-bond acceptors (Lipinski definition) is 6. The highest BCUT2D eigenvalue weighted by atomic mass is 16.3. The molecule has 0 saturated carbocycles. The van der Waals surface area contributed by atoms with Gasteiger partial charge in [0.25, 0.3) is 0 Å². The first-order valence-electron chi connectivity index (χ1n) is 17.2. The Morgan fingerprint density at radius 2 is 0.923 bits per heavy atom. The first-order chi connectivity index (χ1) is 25.7. The molecule has 8 aromatic carbocycles. The molecule has 0 amide bonds. The van der Waals surface area contributed by atoms with Gasteiger partial charge < -0.3 is 8.83 Å². The number of aromatic nitrogens is 4. The van der Waals surface area contributed by atoms with E-state index in [2.05, 4.69) is 84.9 Å². The van der Waals surface area contributed by atoms with Crippen molar-refractivity contribution >= 4 is 65.4 Å². The summed E-state index contributed by atoms with van der Waals surface area (Å²) in [5, 5.41) is 8.54.